The van der Waals surface area contributed by atoms with Crippen LogP contribution in [-0.4, -0.2) is 29.1 Å². The van der Waals surface area contributed by atoms with Crippen molar-refractivity contribution in [3.05, 3.63) is 352 Å². The third-order valence-corrected chi connectivity index (χ3v) is 18.0. The Kier molecular flexibility index (Phi) is 14.1. The monoisotopic (exact) mass is 1200 g/mol. The molecule has 0 saturated heterocycles. The second-order valence-corrected chi connectivity index (χ2v) is 23.7. The minimum atomic E-state index is 0.718. The Bertz CT molecular complexity index is 5680. The minimum Gasteiger partial charge on any atom is -0.309 e. The number of para-hydroxylation sites is 2. The molecule has 0 unspecified atom stereocenters. The van der Waals surface area contributed by atoms with Crippen molar-refractivity contribution in [2.45, 2.75) is 0 Å². The Balaban J connectivity index is 0.000000143. The number of benzene rings is 14. The van der Waals surface area contributed by atoms with Crippen molar-refractivity contribution < 1.29 is 0 Å². The largest absolute Gasteiger partial charge is 0.309 e. The summed E-state index contributed by atoms with van der Waals surface area (Å²) in [6.07, 6.45) is 0. The molecular weight excluding hydrogens is 1140 g/mol. The number of rotatable bonds is 10. The van der Waals surface area contributed by atoms with E-state index in [1.165, 1.54) is 87.4 Å². The molecule has 0 aliphatic rings. The number of aromatic nitrogens is 6. The Hall–Kier alpha value is -12.6. The van der Waals surface area contributed by atoms with Gasteiger partial charge in [-0.1, -0.05) is 279 Å². The van der Waals surface area contributed by atoms with Crippen LogP contribution in [0.3, 0.4) is 0 Å². The van der Waals surface area contributed by atoms with E-state index in [2.05, 4.69) is 288 Å². The van der Waals surface area contributed by atoms with Crippen LogP contribution in [0.4, 0.5) is 0 Å². The van der Waals surface area contributed by atoms with Crippen molar-refractivity contribution in [2.24, 2.45) is 0 Å². The van der Waals surface area contributed by atoms with Gasteiger partial charge < -0.3 is 9.13 Å². The van der Waals surface area contributed by atoms with Crippen molar-refractivity contribution in [1.82, 2.24) is 29.1 Å². The van der Waals surface area contributed by atoms with E-state index in [9.17, 15) is 0 Å². The van der Waals surface area contributed by atoms with Gasteiger partial charge in [0.25, 0.3) is 0 Å². The molecule has 0 saturated carbocycles. The lowest BCUT2D eigenvalue weighted by atomic mass is 9.98. The van der Waals surface area contributed by atoms with Crippen LogP contribution in [-0.2, 0) is 0 Å². The molecule has 14 aromatic carbocycles. The predicted octanol–water partition coefficient (Wildman–Crippen LogP) is 22.8. The summed E-state index contributed by atoms with van der Waals surface area (Å²) >= 11 is 0. The van der Waals surface area contributed by atoms with Gasteiger partial charge in [-0.15, -0.1) is 0 Å². The first-order chi connectivity index (χ1) is 46.6. The first kappa shape index (κ1) is 55.4. The van der Waals surface area contributed by atoms with E-state index in [1.54, 1.807) is 0 Å². The molecule has 0 N–H and O–H groups in total. The van der Waals surface area contributed by atoms with Gasteiger partial charge in [-0.25, -0.2) is 19.9 Å². The summed E-state index contributed by atoms with van der Waals surface area (Å²) in [5, 5.41) is 10.0. The van der Waals surface area contributed by atoms with Gasteiger partial charge in [0.15, 0.2) is 11.6 Å². The van der Waals surface area contributed by atoms with Gasteiger partial charge >= 0.3 is 0 Å². The van der Waals surface area contributed by atoms with E-state index in [0.717, 1.165) is 79.2 Å². The van der Waals surface area contributed by atoms with Crippen LogP contribution >= 0.6 is 0 Å². The molecule has 0 fully saturated rings. The zero-order valence-corrected chi connectivity index (χ0v) is 51.2. The normalized spacial score (nSPS) is 11.4. The smallest absolute Gasteiger partial charge is 0.160 e. The summed E-state index contributed by atoms with van der Waals surface area (Å²) in [7, 11) is 0. The van der Waals surface area contributed by atoms with E-state index in [1.807, 2.05) is 72.8 Å². The van der Waals surface area contributed by atoms with Gasteiger partial charge in [0.05, 0.1) is 44.8 Å². The molecular formula is C88H58N6. The summed E-state index contributed by atoms with van der Waals surface area (Å²) < 4.78 is 4.76. The number of hydrogen-bond acceptors (Lipinski definition) is 4. The van der Waals surface area contributed by atoms with Crippen LogP contribution in [0.25, 0.3) is 167 Å². The maximum atomic E-state index is 5.04. The van der Waals surface area contributed by atoms with Crippen LogP contribution < -0.4 is 0 Å². The standard InChI is InChI=1S/2C44H29N3/c1-4-12-30(13-5-1)34-22-26-37-35(28-34)23-27-42-43(37)38-18-10-11-19-41(38)47(42)36-24-20-32(21-25-36)40-29-39(31-14-6-2-7-15-31)45-44(46-40)33-16-8-3-9-17-33;1-4-12-30(13-5-1)35-21-20-31-24-27-42-43(38(31)28-35)37-18-10-11-19-41(37)47(42)36-25-22-33(23-26-36)40-29-39(32-14-6-2-7-15-32)45-44(46-40)34-16-8-3-9-17-34/h2*1-29H. The molecule has 6 heteroatoms. The average Bonchev–Trinajstić information content (AvgIpc) is 1.58. The first-order valence-electron chi connectivity index (χ1n) is 31.8. The number of nitrogens with zero attached hydrogens (tertiary/aromatic N) is 6. The SMILES string of the molecule is c1ccc(-c2ccc3c(ccc4c3c3ccccc3n4-c3ccc(-c4cc(-c5ccccc5)nc(-c5ccccc5)n4)cc3)c2)cc1.c1ccc(-c2ccc3ccc4c(c3c2)c2ccccc2n4-c2ccc(-c3cc(-c4ccccc4)nc(-c4ccccc4)n3)cc2)cc1. The Morgan fingerprint density at radius 2 is 0.500 bits per heavy atom. The van der Waals surface area contributed by atoms with Crippen molar-refractivity contribution in [1.29, 1.82) is 0 Å². The molecule has 18 rings (SSSR count). The fourth-order valence-electron chi connectivity index (χ4n) is 13.5. The summed E-state index contributed by atoms with van der Waals surface area (Å²) in [6, 6.07) is 124. The number of fused-ring (bicyclic) bond motifs is 10. The fraction of sp³-hybridized carbons (Fsp3) is 0. The van der Waals surface area contributed by atoms with E-state index in [4.69, 9.17) is 19.9 Å². The van der Waals surface area contributed by atoms with Crippen LogP contribution in [0.1, 0.15) is 0 Å². The third-order valence-electron chi connectivity index (χ3n) is 18.0. The van der Waals surface area contributed by atoms with Crippen molar-refractivity contribution in [3.63, 3.8) is 0 Å². The average molecular weight is 1200 g/mol. The molecule has 4 aromatic heterocycles. The highest BCUT2D eigenvalue weighted by Crippen LogP contribution is 2.42. The van der Waals surface area contributed by atoms with E-state index >= 15 is 0 Å². The molecule has 18 aromatic rings. The van der Waals surface area contributed by atoms with Gasteiger partial charge in [0.2, 0.25) is 0 Å². The van der Waals surface area contributed by atoms with E-state index in [0.29, 0.717) is 0 Å². The summed E-state index contributed by atoms with van der Waals surface area (Å²) in [5.41, 5.74) is 21.7. The molecule has 0 aliphatic heterocycles. The Morgan fingerprint density at radius 1 is 0.181 bits per heavy atom. The van der Waals surface area contributed by atoms with Crippen LogP contribution in [0, 0.1) is 0 Å². The first-order valence-corrected chi connectivity index (χ1v) is 31.8. The zero-order chi connectivity index (χ0) is 62.3. The van der Waals surface area contributed by atoms with Crippen LogP contribution in [0.15, 0.2) is 352 Å². The molecule has 4 heterocycles. The topological polar surface area (TPSA) is 61.4 Å². The maximum Gasteiger partial charge on any atom is 0.160 e. The van der Waals surface area contributed by atoms with Crippen molar-refractivity contribution in [3.8, 4) is 101 Å². The molecule has 0 radical (unpaired) electrons. The van der Waals surface area contributed by atoms with Gasteiger partial charge in [0.1, 0.15) is 0 Å². The maximum absolute atomic E-state index is 5.04. The molecule has 0 spiro atoms. The molecule has 6 nitrogen and oxygen atoms in total. The predicted molar refractivity (Wildman–Crippen MR) is 391 cm³/mol. The van der Waals surface area contributed by atoms with Crippen LogP contribution in [0.2, 0.25) is 0 Å². The van der Waals surface area contributed by atoms with Gasteiger partial charge in [-0.3, -0.25) is 0 Å². The fourth-order valence-corrected chi connectivity index (χ4v) is 13.5. The molecule has 94 heavy (non-hydrogen) atoms. The lowest BCUT2D eigenvalue weighted by Crippen LogP contribution is -1.97. The van der Waals surface area contributed by atoms with E-state index in [-0.39, 0.29) is 0 Å². The lowest BCUT2D eigenvalue weighted by Gasteiger charge is -2.12. The summed E-state index contributed by atoms with van der Waals surface area (Å²) in [5.74, 6) is 1.44. The lowest BCUT2D eigenvalue weighted by molar-refractivity contribution is 1.17. The minimum absolute atomic E-state index is 0.718. The highest BCUT2D eigenvalue weighted by molar-refractivity contribution is 6.23. The zero-order valence-electron chi connectivity index (χ0n) is 51.2. The number of hydrogen-bond donors (Lipinski definition) is 0. The third kappa shape index (κ3) is 10.3. The van der Waals surface area contributed by atoms with Crippen molar-refractivity contribution >= 4 is 65.2 Å². The van der Waals surface area contributed by atoms with E-state index < -0.39 is 0 Å². The van der Waals surface area contributed by atoms with Gasteiger partial charge in [0, 0.05) is 66.3 Å². The van der Waals surface area contributed by atoms with Crippen molar-refractivity contribution in [2.75, 3.05) is 0 Å². The molecule has 0 atom stereocenters. The highest BCUT2D eigenvalue weighted by Gasteiger charge is 2.19. The summed E-state index contributed by atoms with van der Waals surface area (Å²) in [6.45, 7) is 0. The van der Waals surface area contributed by atoms with Gasteiger partial charge in [-0.2, -0.15) is 0 Å². The quantitative estimate of drug-likeness (QED) is 0.137. The molecule has 440 valence electrons. The molecule has 0 bridgehead atoms. The van der Waals surface area contributed by atoms with Gasteiger partial charge in [-0.05, 0) is 117 Å². The second-order valence-electron chi connectivity index (χ2n) is 23.7. The second kappa shape index (κ2) is 24.0. The Labute approximate surface area is 544 Å². The Morgan fingerprint density at radius 3 is 0.936 bits per heavy atom. The summed E-state index contributed by atoms with van der Waals surface area (Å²) in [4.78, 5) is 20.0. The highest BCUT2D eigenvalue weighted by atomic mass is 15.0. The van der Waals surface area contributed by atoms with Crippen LogP contribution in [0.5, 0.6) is 0 Å². The molecule has 0 amide bonds. The molecule has 0 aliphatic carbocycles.